The van der Waals surface area contributed by atoms with Gasteiger partial charge in [0.25, 0.3) is 0 Å². The van der Waals surface area contributed by atoms with Gasteiger partial charge in [-0.25, -0.2) is 4.79 Å². The second kappa shape index (κ2) is 10.2. The standard InChI is InChI=1S/C29H32N6O/c36-29(34-17-13-32(14-18-34)21-25-11-9-23-5-1-3-7-27(23)30-25)35-19-15-33(16-20-35)22-26-12-10-24-6-2-4-8-28(24)31-26/h1-12H,13-22H2. The number of rotatable bonds is 4. The number of para-hydroxylation sites is 2. The summed E-state index contributed by atoms with van der Waals surface area (Å²) in [5.41, 5.74) is 4.26. The highest BCUT2D eigenvalue weighted by Crippen LogP contribution is 2.17. The van der Waals surface area contributed by atoms with Crippen molar-refractivity contribution < 1.29 is 4.79 Å². The molecule has 0 spiro atoms. The van der Waals surface area contributed by atoms with Crippen LogP contribution in [0.15, 0.2) is 72.8 Å². The van der Waals surface area contributed by atoms with Crippen molar-refractivity contribution >= 4 is 27.8 Å². The number of fused-ring (bicyclic) bond motifs is 2. The van der Waals surface area contributed by atoms with Gasteiger partial charge in [0.1, 0.15) is 0 Å². The summed E-state index contributed by atoms with van der Waals surface area (Å²) < 4.78 is 0. The number of benzene rings is 2. The molecule has 0 bridgehead atoms. The molecule has 2 saturated heterocycles. The number of carbonyl (C=O) groups is 1. The Morgan fingerprint density at radius 3 is 1.42 bits per heavy atom. The Bertz CT molecular complexity index is 1260. The van der Waals surface area contributed by atoms with Crippen molar-refractivity contribution in [2.45, 2.75) is 13.1 Å². The minimum absolute atomic E-state index is 0.182. The van der Waals surface area contributed by atoms with Gasteiger partial charge < -0.3 is 9.80 Å². The lowest BCUT2D eigenvalue weighted by Gasteiger charge is -2.40. The van der Waals surface area contributed by atoms with E-state index in [-0.39, 0.29) is 6.03 Å². The molecule has 2 aromatic carbocycles. The number of hydrogen-bond acceptors (Lipinski definition) is 5. The van der Waals surface area contributed by atoms with Gasteiger partial charge in [-0.3, -0.25) is 19.8 Å². The van der Waals surface area contributed by atoms with Gasteiger partial charge >= 0.3 is 6.03 Å². The zero-order valence-electron chi connectivity index (χ0n) is 20.6. The first-order chi connectivity index (χ1) is 17.7. The zero-order valence-corrected chi connectivity index (χ0v) is 20.6. The molecule has 4 heterocycles. The van der Waals surface area contributed by atoms with Gasteiger partial charge in [0.2, 0.25) is 0 Å². The normalized spacial score (nSPS) is 17.7. The van der Waals surface area contributed by atoms with E-state index in [0.717, 1.165) is 87.9 Å². The number of piperazine rings is 2. The summed E-state index contributed by atoms with van der Waals surface area (Å²) in [5, 5.41) is 2.34. The molecule has 4 aromatic rings. The van der Waals surface area contributed by atoms with E-state index >= 15 is 0 Å². The van der Waals surface area contributed by atoms with Crippen molar-refractivity contribution in [1.29, 1.82) is 0 Å². The van der Waals surface area contributed by atoms with Crippen molar-refractivity contribution in [3.8, 4) is 0 Å². The van der Waals surface area contributed by atoms with E-state index in [1.807, 2.05) is 34.1 Å². The summed E-state index contributed by atoms with van der Waals surface area (Å²) in [6, 6.07) is 25.2. The third-order valence-corrected chi connectivity index (χ3v) is 7.37. The van der Waals surface area contributed by atoms with Gasteiger partial charge in [0, 0.05) is 76.2 Å². The molecular formula is C29H32N6O. The van der Waals surface area contributed by atoms with E-state index < -0.39 is 0 Å². The lowest BCUT2D eigenvalue weighted by Crippen LogP contribution is -2.56. The van der Waals surface area contributed by atoms with E-state index in [2.05, 4.69) is 58.3 Å². The van der Waals surface area contributed by atoms with Gasteiger partial charge in [-0.15, -0.1) is 0 Å². The predicted octanol–water partition coefficient (Wildman–Crippen LogP) is 3.84. The average molecular weight is 481 g/mol. The second-order valence-corrected chi connectivity index (χ2v) is 9.80. The third kappa shape index (κ3) is 5.03. The van der Waals surface area contributed by atoms with Crippen LogP contribution in [0.3, 0.4) is 0 Å². The second-order valence-electron chi connectivity index (χ2n) is 9.80. The quantitative estimate of drug-likeness (QED) is 0.444. The van der Waals surface area contributed by atoms with Crippen LogP contribution in [0.2, 0.25) is 0 Å². The molecule has 2 aliphatic rings. The maximum absolute atomic E-state index is 13.2. The average Bonchev–Trinajstić information content (AvgIpc) is 2.93. The number of aromatic nitrogens is 2. The summed E-state index contributed by atoms with van der Waals surface area (Å²) in [7, 11) is 0. The number of pyridine rings is 2. The molecule has 0 unspecified atom stereocenters. The Balaban J connectivity index is 0.974. The van der Waals surface area contributed by atoms with Crippen LogP contribution in [0.5, 0.6) is 0 Å². The highest BCUT2D eigenvalue weighted by molar-refractivity contribution is 5.79. The van der Waals surface area contributed by atoms with E-state index in [9.17, 15) is 4.79 Å². The van der Waals surface area contributed by atoms with E-state index in [0.29, 0.717) is 0 Å². The van der Waals surface area contributed by atoms with Crippen LogP contribution >= 0.6 is 0 Å². The first kappa shape index (κ1) is 22.9. The Kier molecular flexibility index (Phi) is 6.49. The van der Waals surface area contributed by atoms with Crippen LogP contribution in [0, 0.1) is 0 Å². The number of urea groups is 1. The van der Waals surface area contributed by atoms with E-state index in [1.165, 1.54) is 10.8 Å². The largest absolute Gasteiger partial charge is 0.322 e. The molecule has 0 aliphatic carbocycles. The highest BCUT2D eigenvalue weighted by Gasteiger charge is 2.28. The Labute approximate surface area is 211 Å². The molecular weight excluding hydrogens is 448 g/mol. The smallest absolute Gasteiger partial charge is 0.320 e. The van der Waals surface area contributed by atoms with Crippen molar-refractivity contribution in [3.63, 3.8) is 0 Å². The fourth-order valence-electron chi connectivity index (χ4n) is 5.25. The van der Waals surface area contributed by atoms with Gasteiger partial charge in [-0.05, 0) is 24.3 Å². The van der Waals surface area contributed by atoms with Crippen LogP contribution in [0.1, 0.15) is 11.4 Å². The molecule has 184 valence electrons. The Hall–Kier alpha value is -3.55. The summed E-state index contributed by atoms with van der Waals surface area (Å²) in [6.07, 6.45) is 0. The number of hydrogen-bond donors (Lipinski definition) is 0. The van der Waals surface area contributed by atoms with Crippen molar-refractivity contribution in [2.75, 3.05) is 52.4 Å². The fourth-order valence-corrected chi connectivity index (χ4v) is 5.25. The van der Waals surface area contributed by atoms with Gasteiger partial charge in [-0.2, -0.15) is 0 Å². The lowest BCUT2D eigenvalue weighted by molar-refractivity contribution is 0.0864. The van der Waals surface area contributed by atoms with Crippen LogP contribution < -0.4 is 0 Å². The van der Waals surface area contributed by atoms with Gasteiger partial charge in [-0.1, -0.05) is 48.5 Å². The molecule has 7 nitrogen and oxygen atoms in total. The topological polar surface area (TPSA) is 55.8 Å². The molecule has 0 atom stereocenters. The maximum Gasteiger partial charge on any atom is 0.320 e. The number of carbonyl (C=O) groups excluding carboxylic acids is 1. The molecule has 2 amide bonds. The third-order valence-electron chi connectivity index (χ3n) is 7.37. The van der Waals surface area contributed by atoms with Crippen LogP contribution in [-0.2, 0) is 13.1 Å². The molecule has 7 heteroatoms. The van der Waals surface area contributed by atoms with Crippen molar-refractivity contribution in [1.82, 2.24) is 29.6 Å². The molecule has 2 fully saturated rings. The minimum atomic E-state index is 0.182. The summed E-state index contributed by atoms with van der Waals surface area (Å²) in [6.45, 7) is 8.27. The molecule has 36 heavy (non-hydrogen) atoms. The molecule has 6 rings (SSSR count). The summed E-state index contributed by atoms with van der Waals surface area (Å²) in [5.74, 6) is 0. The zero-order chi connectivity index (χ0) is 24.3. The monoisotopic (exact) mass is 480 g/mol. The number of nitrogens with zero attached hydrogens (tertiary/aromatic N) is 6. The molecule has 2 aromatic heterocycles. The van der Waals surface area contributed by atoms with Gasteiger partial charge in [0.15, 0.2) is 0 Å². The van der Waals surface area contributed by atoms with Crippen molar-refractivity contribution in [2.24, 2.45) is 0 Å². The molecule has 0 radical (unpaired) electrons. The minimum Gasteiger partial charge on any atom is -0.322 e. The molecule has 2 aliphatic heterocycles. The lowest BCUT2D eigenvalue weighted by atomic mass is 10.2. The van der Waals surface area contributed by atoms with Crippen LogP contribution in [0.25, 0.3) is 21.8 Å². The van der Waals surface area contributed by atoms with Gasteiger partial charge in [0.05, 0.1) is 22.4 Å². The molecule has 0 N–H and O–H groups in total. The van der Waals surface area contributed by atoms with Crippen LogP contribution in [-0.4, -0.2) is 88.0 Å². The number of amides is 2. The summed E-state index contributed by atoms with van der Waals surface area (Å²) in [4.78, 5) is 31.6. The predicted molar refractivity (Wildman–Crippen MR) is 143 cm³/mol. The SMILES string of the molecule is O=C(N1CCN(Cc2ccc3ccccc3n2)CC1)N1CCN(Cc2ccc3ccccc3n2)CC1. The fraction of sp³-hybridized carbons (Fsp3) is 0.345. The Morgan fingerprint density at radius 1 is 0.556 bits per heavy atom. The first-order valence-corrected chi connectivity index (χ1v) is 12.9. The molecule has 0 saturated carbocycles. The first-order valence-electron chi connectivity index (χ1n) is 12.9. The summed E-state index contributed by atoms with van der Waals surface area (Å²) >= 11 is 0. The highest BCUT2D eigenvalue weighted by atomic mass is 16.2. The maximum atomic E-state index is 13.2. The Morgan fingerprint density at radius 2 is 0.972 bits per heavy atom. The van der Waals surface area contributed by atoms with Crippen molar-refractivity contribution in [3.05, 3.63) is 84.2 Å². The van der Waals surface area contributed by atoms with E-state index in [4.69, 9.17) is 9.97 Å². The van der Waals surface area contributed by atoms with Crippen LogP contribution in [0.4, 0.5) is 4.79 Å². The van der Waals surface area contributed by atoms with E-state index in [1.54, 1.807) is 0 Å².